The van der Waals surface area contributed by atoms with Crippen molar-refractivity contribution in [2.75, 3.05) is 0 Å². The molecule has 2 aromatic carbocycles. The Balaban J connectivity index is 2.13. The smallest absolute Gasteiger partial charge is 0.165 e. The number of benzene rings is 2. The Morgan fingerprint density at radius 1 is 1.25 bits per heavy atom. The van der Waals surface area contributed by atoms with Crippen molar-refractivity contribution in [2.24, 2.45) is 5.73 Å². The van der Waals surface area contributed by atoms with Gasteiger partial charge in [-0.2, -0.15) is 0 Å². The molecule has 106 valence electrons. The van der Waals surface area contributed by atoms with Crippen LogP contribution >= 0.6 is 11.6 Å². The summed E-state index contributed by atoms with van der Waals surface area (Å²) in [6.07, 6.45) is 0. The zero-order chi connectivity index (χ0) is 14.7. The molecule has 2 nitrogen and oxygen atoms in total. The van der Waals surface area contributed by atoms with Crippen LogP contribution in [-0.2, 0) is 6.61 Å². The van der Waals surface area contributed by atoms with Crippen molar-refractivity contribution in [3.63, 3.8) is 0 Å². The lowest BCUT2D eigenvalue weighted by Gasteiger charge is -2.11. The minimum Gasteiger partial charge on any atom is -0.487 e. The van der Waals surface area contributed by atoms with Crippen molar-refractivity contribution >= 4 is 11.6 Å². The molecule has 2 rings (SSSR count). The van der Waals surface area contributed by atoms with Crippen LogP contribution in [0.4, 0.5) is 8.78 Å². The Morgan fingerprint density at radius 3 is 2.65 bits per heavy atom. The quantitative estimate of drug-likeness (QED) is 0.917. The first-order valence-electron chi connectivity index (χ1n) is 6.09. The van der Waals surface area contributed by atoms with Crippen LogP contribution in [0, 0.1) is 11.6 Å². The van der Waals surface area contributed by atoms with Crippen LogP contribution in [0.25, 0.3) is 0 Å². The van der Waals surface area contributed by atoms with Gasteiger partial charge >= 0.3 is 0 Å². The maximum atomic E-state index is 13.5. The monoisotopic (exact) mass is 297 g/mol. The van der Waals surface area contributed by atoms with Gasteiger partial charge in [0.1, 0.15) is 12.4 Å². The molecular formula is C15H14ClF2NO. The number of ether oxygens (including phenoxy) is 1. The molecule has 0 heterocycles. The lowest BCUT2D eigenvalue weighted by Crippen LogP contribution is -2.05. The summed E-state index contributed by atoms with van der Waals surface area (Å²) < 4.78 is 31.9. The van der Waals surface area contributed by atoms with Gasteiger partial charge in [0.2, 0.25) is 0 Å². The molecular weight excluding hydrogens is 284 g/mol. The number of halogens is 3. The zero-order valence-electron chi connectivity index (χ0n) is 10.9. The molecule has 1 atom stereocenters. The second-order valence-electron chi connectivity index (χ2n) is 4.48. The van der Waals surface area contributed by atoms with Crippen LogP contribution in [-0.4, -0.2) is 0 Å². The first kappa shape index (κ1) is 14.8. The van der Waals surface area contributed by atoms with E-state index in [1.54, 1.807) is 18.2 Å². The number of hydrogen-bond donors (Lipinski definition) is 1. The summed E-state index contributed by atoms with van der Waals surface area (Å²) in [5, 5.41) is 0.386. The molecule has 5 heteroatoms. The van der Waals surface area contributed by atoms with Gasteiger partial charge in [0.05, 0.1) is 5.02 Å². The van der Waals surface area contributed by atoms with Gasteiger partial charge in [-0.3, -0.25) is 0 Å². The Labute approximate surface area is 121 Å². The van der Waals surface area contributed by atoms with Crippen molar-refractivity contribution < 1.29 is 13.5 Å². The molecule has 0 aliphatic carbocycles. The topological polar surface area (TPSA) is 35.2 Å². The Morgan fingerprint density at radius 2 is 2.00 bits per heavy atom. The average Bonchev–Trinajstić information content (AvgIpc) is 2.41. The first-order valence-corrected chi connectivity index (χ1v) is 6.47. The van der Waals surface area contributed by atoms with E-state index in [9.17, 15) is 8.78 Å². The molecule has 0 fully saturated rings. The van der Waals surface area contributed by atoms with Crippen molar-refractivity contribution in [2.45, 2.75) is 19.6 Å². The summed E-state index contributed by atoms with van der Waals surface area (Å²) in [7, 11) is 0. The van der Waals surface area contributed by atoms with E-state index in [0.717, 1.165) is 11.6 Å². The largest absolute Gasteiger partial charge is 0.487 e. The number of hydrogen-bond acceptors (Lipinski definition) is 2. The zero-order valence-corrected chi connectivity index (χ0v) is 11.6. The molecule has 0 saturated heterocycles. The van der Waals surface area contributed by atoms with E-state index < -0.39 is 11.6 Å². The van der Waals surface area contributed by atoms with Crippen molar-refractivity contribution in [1.82, 2.24) is 0 Å². The molecule has 0 aliphatic rings. The van der Waals surface area contributed by atoms with E-state index in [1.165, 1.54) is 12.1 Å². The summed E-state index contributed by atoms with van der Waals surface area (Å²) in [4.78, 5) is 0. The SMILES string of the molecule is C[C@@H](N)c1ccc(OCc2cccc(F)c2F)c(Cl)c1. The van der Waals surface area contributed by atoms with Crippen LogP contribution in [0.1, 0.15) is 24.1 Å². The van der Waals surface area contributed by atoms with Crippen LogP contribution in [0.2, 0.25) is 5.02 Å². The summed E-state index contributed by atoms with van der Waals surface area (Å²) in [6.45, 7) is 1.75. The van der Waals surface area contributed by atoms with E-state index in [-0.39, 0.29) is 18.2 Å². The van der Waals surface area contributed by atoms with E-state index >= 15 is 0 Å². The maximum Gasteiger partial charge on any atom is 0.165 e. The van der Waals surface area contributed by atoms with Crippen LogP contribution < -0.4 is 10.5 Å². The molecule has 20 heavy (non-hydrogen) atoms. The Hall–Kier alpha value is -1.65. The second kappa shape index (κ2) is 6.20. The third-order valence-corrected chi connectivity index (χ3v) is 3.19. The van der Waals surface area contributed by atoms with Crippen molar-refractivity contribution in [3.05, 3.63) is 64.2 Å². The van der Waals surface area contributed by atoms with E-state index in [2.05, 4.69) is 0 Å². The Kier molecular flexibility index (Phi) is 4.57. The van der Waals surface area contributed by atoms with Crippen LogP contribution in [0.5, 0.6) is 5.75 Å². The number of rotatable bonds is 4. The van der Waals surface area contributed by atoms with Crippen LogP contribution in [0.3, 0.4) is 0 Å². The van der Waals surface area contributed by atoms with Gasteiger partial charge in [0, 0.05) is 11.6 Å². The fraction of sp³-hybridized carbons (Fsp3) is 0.200. The second-order valence-corrected chi connectivity index (χ2v) is 4.89. The molecule has 0 radical (unpaired) electrons. The lowest BCUT2D eigenvalue weighted by molar-refractivity contribution is 0.297. The highest BCUT2D eigenvalue weighted by molar-refractivity contribution is 6.32. The first-order chi connectivity index (χ1) is 9.49. The third kappa shape index (κ3) is 3.26. The summed E-state index contributed by atoms with van der Waals surface area (Å²) in [6, 6.07) is 8.96. The summed E-state index contributed by atoms with van der Waals surface area (Å²) in [5.41, 5.74) is 6.75. The highest BCUT2D eigenvalue weighted by atomic mass is 35.5. The predicted molar refractivity (Wildman–Crippen MR) is 74.7 cm³/mol. The molecule has 2 N–H and O–H groups in total. The fourth-order valence-electron chi connectivity index (χ4n) is 1.73. The van der Waals surface area contributed by atoms with Gasteiger partial charge in [-0.25, -0.2) is 8.78 Å². The van der Waals surface area contributed by atoms with Crippen molar-refractivity contribution in [1.29, 1.82) is 0 Å². The van der Waals surface area contributed by atoms with Gasteiger partial charge < -0.3 is 10.5 Å². The molecule has 0 bridgehead atoms. The highest BCUT2D eigenvalue weighted by Gasteiger charge is 2.10. The van der Waals surface area contributed by atoms with E-state index in [4.69, 9.17) is 22.1 Å². The standard InChI is InChI=1S/C15H14ClF2NO/c1-9(19)10-5-6-14(12(16)7-10)20-8-11-3-2-4-13(17)15(11)18/h2-7,9H,8,19H2,1H3/t9-/m1/s1. The Bertz CT molecular complexity index is 617. The van der Waals surface area contributed by atoms with Crippen molar-refractivity contribution in [3.8, 4) is 5.75 Å². The summed E-state index contributed by atoms with van der Waals surface area (Å²) >= 11 is 6.06. The minimum absolute atomic E-state index is 0.0964. The van der Waals surface area contributed by atoms with Gasteiger partial charge in [-0.1, -0.05) is 29.8 Å². The fourth-order valence-corrected chi connectivity index (χ4v) is 1.98. The molecule has 0 aliphatic heterocycles. The third-order valence-electron chi connectivity index (χ3n) is 2.90. The molecule has 2 aromatic rings. The summed E-state index contributed by atoms with van der Waals surface area (Å²) in [5.74, 6) is -1.40. The normalized spacial score (nSPS) is 12.2. The van der Waals surface area contributed by atoms with Crippen LogP contribution in [0.15, 0.2) is 36.4 Å². The van der Waals surface area contributed by atoms with E-state index in [1.807, 2.05) is 6.92 Å². The highest BCUT2D eigenvalue weighted by Crippen LogP contribution is 2.28. The molecule has 0 aromatic heterocycles. The molecule has 0 spiro atoms. The van der Waals surface area contributed by atoms with Gasteiger partial charge in [-0.15, -0.1) is 0 Å². The minimum atomic E-state index is -0.907. The van der Waals surface area contributed by atoms with Gasteiger partial charge in [0.25, 0.3) is 0 Å². The molecule has 0 unspecified atom stereocenters. The van der Waals surface area contributed by atoms with E-state index in [0.29, 0.717) is 10.8 Å². The average molecular weight is 298 g/mol. The molecule has 0 saturated carbocycles. The lowest BCUT2D eigenvalue weighted by atomic mass is 10.1. The number of nitrogens with two attached hydrogens (primary N) is 1. The van der Waals surface area contributed by atoms with Gasteiger partial charge in [-0.05, 0) is 30.7 Å². The maximum absolute atomic E-state index is 13.5. The molecule has 0 amide bonds. The predicted octanol–water partition coefficient (Wildman–Crippen LogP) is 4.22. The van der Waals surface area contributed by atoms with Gasteiger partial charge in [0.15, 0.2) is 11.6 Å².